The largest absolute Gasteiger partial charge is 3.00 e. The standard InChI is InChI=1S/C32H18N8O6S2.Al/c41-47(42,43)15-9-11-21-23(13-15)31-37-27-19-7-3-1-5-17(19)25(34-27)33-26-18-6-2-4-8-20(18)28(35-26)38-32-24-14-16(48(44,45)46)10-12-22(24)30(40-32)36-29(21)39-31;/h1-14H,(H,41,42,43)(H,44,45,46)(H2,33,34,35,36,37,38,39,40);/q;+3. The van der Waals surface area contributed by atoms with Gasteiger partial charge in [0.05, 0.1) is 9.79 Å². The van der Waals surface area contributed by atoms with Crippen LogP contribution in [0.15, 0.2) is 94.7 Å². The fourth-order valence-electron chi connectivity index (χ4n) is 5.97. The van der Waals surface area contributed by atoms with Crippen LogP contribution in [0.3, 0.4) is 0 Å². The van der Waals surface area contributed by atoms with Crippen LogP contribution < -0.4 is 0 Å². The summed E-state index contributed by atoms with van der Waals surface area (Å²) in [6.45, 7) is 0. The van der Waals surface area contributed by atoms with Gasteiger partial charge in [-0.3, -0.25) is 9.11 Å². The van der Waals surface area contributed by atoms with Crippen LogP contribution in [0.4, 0.5) is 0 Å². The van der Waals surface area contributed by atoms with Gasteiger partial charge in [0.15, 0.2) is 23.3 Å². The van der Waals surface area contributed by atoms with Crippen LogP contribution in [0.1, 0.15) is 0 Å². The summed E-state index contributed by atoms with van der Waals surface area (Å²) in [6.07, 6.45) is 0. The van der Waals surface area contributed by atoms with Gasteiger partial charge in [0.25, 0.3) is 20.2 Å². The maximum absolute atomic E-state index is 12.1. The predicted octanol–water partition coefficient (Wildman–Crippen LogP) is 4.98. The van der Waals surface area contributed by atoms with E-state index in [-0.39, 0.29) is 50.1 Å². The normalized spacial score (nSPS) is 12.4. The van der Waals surface area contributed by atoms with Gasteiger partial charge in [-0.2, -0.15) is 16.8 Å². The third-order valence-corrected chi connectivity index (χ3v) is 9.88. The quantitative estimate of drug-likeness (QED) is 0.139. The molecule has 8 bridgehead atoms. The number of nitrogens with one attached hydrogen (secondary N) is 2. The Balaban J connectivity index is 0.00000348. The predicted molar refractivity (Wildman–Crippen MR) is 181 cm³/mol. The number of aromatic amines is 2. The Morgan fingerprint density at radius 3 is 1.33 bits per heavy atom. The van der Waals surface area contributed by atoms with Crippen LogP contribution >= 0.6 is 0 Å². The topological polar surface area (TPSA) is 218 Å². The van der Waals surface area contributed by atoms with Crippen LogP contribution in [0.2, 0.25) is 0 Å². The second-order valence-corrected chi connectivity index (χ2v) is 13.9. The van der Waals surface area contributed by atoms with Gasteiger partial charge in [-0.25, -0.2) is 29.9 Å². The average molecular weight is 702 g/mol. The molecule has 7 aromatic rings. The van der Waals surface area contributed by atoms with Crippen molar-refractivity contribution in [2.45, 2.75) is 9.79 Å². The molecule has 49 heavy (non-hydrogen) atoms. The van der Waals surface area contributed by atoms with Crippen molar-refractivity contribution >= 4 is 81.7 Å². The second-order valence-electron chi connectivity index (χ2n) is 11.1. The summed E-state index contributed by atoms with van der Waals surface area (Å²) >= 11 is 0. The van der Waals surface area contributed by atoms with Gasteiger partial charge in [-0.15, -0.1) is 0 Å². The van der Waals surface area contributed by atoms with E-state index in [4.69, 9.17) is 24.9 Å². The van der Waals surface area contributed by atoms with E-state index in [1.807, 2.05) is 48.5 Å². The first-order valence-electron chi connectivity index (χ1n) is 14.3. The van der Waals surface area contributed by atoms with Crippen LogP contribution in [0, 0.1) is 0 Å². The molecular weight excluding hydrogens is 684 g/mol. The summed E-state index contributed by atoms with van der Waals surface area (Å²) in [5.74, 6) is 0.951. The van der Waals surface area contributed by atoms with E-state index in [0.29, 0.717) is 56.0 Å². The van der Waals surface area contributed by atoms with Gasteiger partial charge in [0.1, 0.15) is 22.6 Å². The summed E-state index contributed by atoms with van der Waals surface area (Å²) in [4.78, 5) is 34.4. The van der Waals surface area contributed by atoms with E-state index in [1.54, 1.807) is 0 Å². The zero-order valence-corrected chi connectivity index (χ0v) is 27.5. The SMILES string of the molecule is O=S(=O)(O)c1ccc2c(c1)-c1nc-2nc2[nH]c(nc3nc(nc4[nH]c(n1)c1ccccc41)-c1ccccc1-3)c1cc(S(=O)(=O)O)ccc21.[Al+3]. The molecule has 0 unspecified atom stereocenters. The number of H-pyrrole nitrogens is 2. The molecular formula is C32H18AlN8O6S2+3. The Bertz CT molecular complexity index is 2980. The molecule has 0 saturated carbocycles. The molecule has 5 heterocycles. The molecule has 0 amide bonds. The molecule has 0 saturated heterocycles. The maximum Gasteiger partial charge on any atom is 3.00 e. The molecule has 4 N–H and O–H groups in total. The zero-order valence-electron chi connectivity index (χ0n) is 24.7. The van der Waals surface area contributed by atoms with E-state index in [1.165, 1.54) is 36.4 Å². The molecule has 0 radical (unpaired) electrons. The van der Waals surface area contributed by atoms with E-state index in [0.717, 1.165) is 10.8 Å². The van der Waals surface area contributed by atoms with Crippen LogP contribution in [-0.4, -0.2) is 83.2 Å². The number of benzene rings is 4. The molecule has 2 aliphatic rings. The van der Waals surface area contributed by atoms with Crippen molar-refractivity contribution in [3.63, 3.8) is 0 Å². The third-order valence-electron chi connectivity index (χ3n) is 8.18. The molecule has 0 spiro atoms. The van der Waals surface area contributed by atoms with E-state index in [9.17, 15) is 25.9 Å². The number of aromatic nitrogens is 8. The molecule has 0 atom stereocenters. The van der Waals surface area contributed by atoms with Gasteiger partial charge in [-0.1, -0.05) is 48.5 Å². The molecule has 17 heteroatoms. The minimum atomic E-state index is -4.57. The molecule has 234 valence electrons. The third kappa shape index (κ3) is 4.99. The second kappa shape index (κ2) is 10.8. The van der Waals surface area contributed by atoms with Crippen molar-refractivity contribution < 1.29 is 25.9 Å². The smallest absolute Gasteiger partial charge is 0.324 e. The average Bonchev–Trinajstić information content (AvgIpc) is 3.79. The van der Waals surface area contributed by atoms with Crippen molar-refractivity contribution in [2.75, 3.05) is 0 Å². The van der Waals surface area contributed by atoms with Crippen molar-refractivity contribution in [3.05, 3.63) is 84.9 Å². The Kier molecular flexibility index (Phi) is 6.81. The summed E-state index contributed by atoms with van der Waals surface area (Å²) < 4.78 is 68.1. The Morgan fingerprint density at radius 1 is 0.429 bits per heavy atom. The van der Waals surface area contributed by atoms with Gasteiger partial charge in [-0.05, 0) is 36.4 Å². The molecule has 2 aliphatic heterocycles. The molecule has 9 rings (SSSR count). The number of rotatable bonds is 2. The fourth-order valence-corrected chi connectivity index (χ4v) is 6.99. The van der Waals surface area contributed by atoms with Crippen LogP contribution in [0.5, 0.6) is 0 Å². The van der Waals surface area contributed by atoms with E-state index in [2.05, 4.69) is 15.0 Å². The molecule has 0 aliphatic carbocycles. The van der Waals surface area contributed by atoms with E-state index >= 15 is 0 Å². The molecule has 4 aromatic carbocycles. The first-order valence-corrected chi connectivity index (χ1v) is 17.1. The Morgan fingerprint density at radius 2 is 0.816 bits per heavy atom. The van der Waals surface area contributed by atoms with Crippen molar-refractivity contribution in [2.24, 2.45) is 0 Å². The summed E-state index contributed by atoms with van der Waals surface area (Å²) in [5.41, 5.74) is 3.43. The number of fused-ring (bicyclic) bond motifs is 20. The van der Waals surface area contributed by atoms with Crippen LogP contribution in [0.25, 0.3) is 89.7 Å². The maximum atomic E-state index is 12.1. The van der Waals surface area contributed by atoms with E-state index < -0.39 is 20.2 Å². The van der Waals surface area contributed by atoms with Crippen LogP contribution in [-0.2, 0) is 20.2 Å². The number of hydrogen-bond acceptors (Lipinski definition) is 10. The Labute approximate surface area is 286 Å². The molecule has 0 fully saturated rings. The van der Waals surface area contributed by atoms with Crippen molar-refractivity contribution in [3.8, 4) is 45.6 Å². The Hall–Kier alpha value is -5.41. The number of hydrogen-bond donors (Lipinski definition) is 4. The minimum absolute atomic E-state index is 0. The summed E-state index contributed by atoms with van der Waals surface area (Å²) in [7, 11) is -9.13. The minimum Gasteiger partial charge on any atom is -0.324 e. The number of nitrogens with zero attached hydrogens (tertiary/aromatic N) is 6. The summed E-state index contributed by atoms with van der Waals surface area (Å²) in [5, 5.41) is 2.24. The summed E-state index contributed by atoms with van der Waals surface area (Å²) in [6, 6.07) is 22.9. The van der Waals surface area contributed by atoms with Gasteiger partial charge in [0.2, 0.25) is 0 Å². The van der Waals surface area contributed by atoms with Gasteiger partial charge in [0, 0.05) is 43.8 Å². The molecule has 3 aromatic heterocycles. The monoisotopic (exact) mass is 701 g/mol. The van der Waals surface area contributed by atoms with Crippen molar-refractivity contribution in [1.29, 1.82) is 0 Å². The molecule has 14 nitrogen and oxygen atoms in total. The van der Waals surface area contributed by atoms with Crippen molar-refractivity contribution in [1.82, 2.24) is 39.9 Å². The fraction of sp³-hybridized carbons (Fsp3) is 0. The zero-order chi connectivity index (χ0) is 32.9. The van der Waals surface area contributed by atoms with Gasteiger partial charge >= 0.3 is 17.4 Å². The first-order chi connectivity index (χ1) is 23.0. The first kappa shape index (κ1) is 30.9. The van der Waals surface area contributed by atoms with Gasteiger partial charge < -0.3 is 9.97 Å².